The average Bonchev–Trinajstić information content (AvgIpc) is 2.59. The summed E-state index contributed by atoms with van der Waals surface area (Å²) in [4.78, 5) is 0. The first-order valence-electron chi connectivity index (χ1n) is 4.72. The van der Waals surface area contributed by atoms with E-state index in [0.29, 0.717) is 13.2 Å². The minimum absolute atomic E-state index is 0.221. The quantitative estimate of drug-likeness (QED) is 0.681. The molecule has 0 saturated carbocycles. The van der Waals surface area contributed by atoms with Crippen LogP contribution in [0.15, 0.2) is 6.20 Å². The maximum Gasteiger partial charge on any atom is 0.108 e. The van der Waals surface area contributed by atoms with Crippen LogP contribution in [-0.2, 0) is 22.6 Å². The zero-order valence-corrected chi connectivity index (χ0v) is 8.93. The number of rotatable bonds is 6. The first kappa shape index (κ1) is 11.1. The van der Waals surface area contributed by atoms with Crippen molar-refractivity contribution < 1.29 is 9.47 Å². The zero-order valence-electron chi connectivity index (χ0n) is 8.93. The summed E-state index contributed by atoms with van der Waals surface area (Å²) >= 11 is 0. The third-order valence-corrected chi connectivity index (χ3v) is 1.68. The lowest BCUT2D eigenvalue weighted by Crippen LogP contribution is -2.04. The molecule has 0 aliphatic carbocycles. The molecule has 1 heterocycles. The fraction of sp³-hybridized carbons (Fsp3) is 0.778. The normalized spacial score (nSPS) is 11.1. The van der Waals surface area contributed by atoms with Crippen molar-refractivity contribution in [1.82, 2.24) is 15.0 Å². The molecule has 0 aliphatic heterocycles. The van der Waals surface area contributed by atoms with Gasteiger partial charge in [0.1, 0.15) is 5.69 Å². The van der Waals surface area contributed by atoms with Crippen LogP contribution in [0, 0.1) is 0 Å². The molecule has 80 valence electrons. The van der Waals surface area contributed by atoms with Crippen LogP contribution in [0.4, 0.5) is 0 Å². The molecule has 0 bridgehead atoms. The van der Waals surface area contributed by atoms with E-state index >= 15 is 0 Å². The summed E-state index contributed by atoms with van der Waals surface area (Å²) in [5.41, 5.74) is 0.856. The van der Waals surface area contributed by atoms with E-state index in [1.165, 1.54) is 0 Å². The van der Waals surface area contributed by atoms with Crippen LogP contribution in [-0.4, -0.2) is 34.8 Å². The van der Waals surface area contributed by atoms with Crippen molar-refractivity contribution >= 4 is 0 Å². The van der Waals surface area contributed by atoms with E-state index in [4.69, 9.17) is 9.47 Å². The highest BCUT2D eigenvalue weighted by molar-refractivity contribution is 4.89. The maximum atomic E-state index is 5.40. The van der Waals surface area contributed by atoms with E-state index in [1.54, 1.807) is 11.8 Å². The van der Waals surface area contributed by atoms with Crippen LogP contribution in [0.25, 0.3) is 0 Å². The lowest BCUT2D eigenvalue weighted by atomic mass is 10.4. The van der Waals surface area contributed by atoms with Crippen LogP contribution in [0.3, 0.4) is 0 Å². The monoisotopic (exact) mass is 199 g/mol. The third-order valence-electron chi connectivity index (χ3n) is 1.68. The second kappa shape index (κ2) is 5.72. The maximum absolute atomic E-state index is 5.40. The topological polar surface area (TPSA) is 49.2 Å². The standard InChI is InChI=1S/C9H17N3O2/c1-8(2)14-7-9-6-12(11-10-9)4-5-13-3/h6,8H,4-5,7H2,1-3H3. The Kier molecular flexibility index (Phi) is 4.55. The Labute approximate surface area is 84.0 Å². The molecule has 0 saturated heterocycles. The van der Waals surface area contributed by atoms with Gasteiger partial charge in [-0.05, 0) is 13.8 Å². The molecule has 1 rings (SSSR count). The molecule has 0 N–H and O–H groups in total. The van der Waals surface area contributed by atoms with E-state index < -0.39 is 0 Å². The molecule has 0 spiro atoms. The Balaban J connectivity index is 2.35. The fourth-order valence-electron chi connectivity index (χ4n) is 0.951. The molecule has 0 radical (unpaired) electrons. The Morgan fingerprint density at radius 1 is 1.50 bits per heavy atom. The Morgan fingerprint density at radius 2 is 2.29 bits per heavy atom. The van der Waals surface area contributed by atoms with E-state index in [-0.39, 0.29) is 6.10 Å². The van der Waals surface area contributed by atoms with Gasteiger partial charge in [-0.15, -0.1) is 5.10 Å². The molecule has 14 heavy (non-hydrogen) atoms. The van der Waals surface area contributed by atoms with Gasteiger partial charge in [0.15, 0.2) is 0 Å². The molecule has 0 aliphatic rings. The van der Waals surface area contributed by atoms with Gasteiger partial charge in [-0.25, -0.2) is 4.68 Å². The molecule has 1 aromatic heterocycles. The summed E-state index contributed by atoms with van der Waals surface area (Å²) in [6.45, 7) is 5.88. The number of methoxy groups -OCH3 is 1. The Bertz CT molecular complexity index is 260. The molecule has 0 atom stereocenters. The SMILES string of the molecule is COCCn1cc(COC(C)C)nn1. The Hall–Kier alpha value is -0.940. The van der Waals surface area contributed by atoms with Crippen molar-refractivity contribution in [3.8, 4) is 0 Å². The van der Waals surface area contributed by atoms with Gasteiger partial charge in [-0.3, -0.25) is 0 Å². The van der Waals surface area contributed by atoms with Crippen LogP contribution in [0.5, 0.6) is 0 Å². The van der Waals surface area contributed by atoms with Gasteiger partial charge in [-0.1, -0.05) is 5.21 Å². The van der Waals surface area contributed by atoms with Gasteiger partial charge in [-0.2, -0.15) is 0 Å². The highest BCUT2D eigenvalue weighted by Crippen LogP contribution is 1.98. The lowest BCUT2D eigenvalue weighted by Gasteiger charge is -2.03. The van der Waals surface area contributed by atoms with E-state index in [9.17, 15) is 0 Å². The van der Waals surface area contributed by atoms with Crippen molar-refractivity contribution in [2.24, 2.45) is 0 Å². The zero-order chi connectivity index (χ0) is 10.4. The fourth-order valence-corrected chi connectivity index (χ4v) is 0.951. The summed E-state index contributed by atoms with van der Waals surface area (Å²) in [5, 5.41) is 7.91. The molecule has 1 aromatic rings. The third kappa shape index (κ3) is 3.85. The molecule has 0 unspecified atom stereocenters. The number of aromatic nitrogens is 3. The summed E-state index contributed by atoms with van der Waals surface area (Å²) < 4.78 is 12.1. The average molecular weight is 199 g/mol. The van der Waals surface area contributed by atoms with Crippen molar-refractivity contribution in [2.75, 3.05) is 13.7 Å². The Morgan fingerprint density at radius 3 is 2.93 bits per heavy atom. The molecular weight excluding hydrogens is 182 g/mol. The van der Waals surface area contributed by atoms with Crippen LogP contribution < -0.4 is 0 Å². The highest BCUT2D eigenvalue weighted by atomic mass is 16.5. The van der Waals surface area contributed by atoms with Crippen molar-refractivity contribution in [3.63, 3.8) is 0 Å². The minimum atomic E-state index is 0.221. The van der Waals surface area contributed by atoms with Gasteiger partial charge in [0.05, 0.1) is 32.1 Å². The second-order valence-electron chi connectivity index (χ2n) is 3.33. The molecule has 0 fully saturated rings. The predicted molar refractivity (Wildman–Crippen MR) is 51.8 cm³/mol. The van der Waals surface area contributed by atoms with Crippen LogP contribution in [0.1, 0.15) is 19.5 Å². The van der Waals surface area contributed by atoms with E-state index in [0.717, 1.165) is 12.2 Å². The summed E-state index contributed by atoms with van der Waals surface area (Å²) in [6.07, 6.45) is 2.10. The highest BCUT2D eigenvalue weighted by Gasteiger charge is 2.01. The first-order chi connectivity index (χ1) is 6.72. The van der Waals surface area contributed by atoms with Crippen molar-refractivity contribution in [1.29, 1.82) is 0 Å². The number of ether oxygens (including phenoxy) is 2. The number of nitrogens with zero attached hydrogens (tertiary/aromatic N) is 3. The molecule has 0 aromatic carbocycles. The summed E-state index contributed by atoms with van der Waals surface area (Å²) in [7, 11) is 1.67. The van der Waals surface area contributed by atoms with E-state index in [1.807, 2.05) is 20.0 Å². The van der Waals surface area contributed by atoms with Crippen LogP contribution in [0.2, 0.25) is 0 Å². The number of hydrogen-bond acceptors (Lipinski definition) is 4. The van der Waals surface area contributed by atoms with Crippen molar-refractivity contribution in [3.05, 3.63) is 11.9 Å². The lowest BCUT2D eigenvalue weighted by molar-refractivity contribution is 0.0635. The molecule has 5 nitrogen and oxygen atoms in total. The minimum Gasteiger partial charge on any atom is -0.383 e. The predicted octanol–water partition coefficient (Wildman–Crippen LogP) is 0.849. The molecular formula is C9H17N3O2. The second-order valence-corrected chi connectivity index (χ2v) is 3.33. The van der Waals surface area contributed by atoms with Gasteiger partial charge in [0, 0.05) is 7.11 Å². The van der Waals surface area contributed by atoms with Crippen LogP contribution >= 0.6 is 0 Å². The summed E-state index contributed by atoms with van der Waals surface area (Å²) in [5.74, 6) is 0. The first-order valence-corrected chi connectivity index (χ1v) is 4.72. The number of hydrogen-bond donors (Lipinski definition) is 0. The van der Waals surface area contributed by atoms with Gasteiger partial charge >= 0.3 is 0 Å². The van der Waals surface area contributed by atoms with Gasteiger partial charge < -0.3 is 9.47 Å². The van der Waals surface area contributed by atoms with E-state index in [2.05, 4.69) is 10.3 Å². The summed E-state index contributed by atoms with van der Waals surface area (Å²) in [6, 6.07) is 0. The smallest absolute Gasteiger partial charge is 0.108 e. The molecule has 5 heteroatoms. The van der Waals surface area contributed by atoms with Gasteiger partial charge in [0.2, 0.25) is 0 Å². The molecule has 0 amide bonds. The largest absolute Gasteiger partial charge is 0.383 e. The van der Waals surface area contributed by atoms with Gasteiger partial charge in [0.25, 0.3) is 0 Å². The van der Waals surface area contributed by atoms with Crippen molar-refractivity contribution in [2.45, 2.75) is 33.1 Å².